The molecule has 2 heterocycles. The lowest BCUT2D eigenvalue weighted by Gasteiger charge is -2.08. The molecular weight excluding hydrogens is 425 g/mol. The van der Waals surface area contributed by atoms with Gasteiger partial charge in [-0.2, -0.15) is 0 Å². The Morgan fingerprint density at radius 2 is 2.08 bits per heavy atom. The lowest BCUT2D eigenvalue weighted by Crippen LogP contribution is -2.12. The summed E-state index contributed by atoms with van der Waals surface area (Å²) in [6.07, 6.45) is 3.07. The van der Waals surface area contributed by atoms with E-state index < -0.39 is 17.7 Å². The van der Waals surface area contributed by atoms with Gasteiger partial charge in [0.15, 0.2) is 5.82 Å². The van der Waals surface area contributed by atoms with E-state index in [1.165, 1.54) is 29.7 Å². The van der Waals surface area contributed by atoms with Gasteiger partial charge in [0, 0.05) is 11.9 Å². The Hall–Kier alpha value is -2.65. The average Bonchev–Trinajstić information content (AvgIpc) is 3.15. The van der Waals surface area contributed by atoms with Crippen LogP contribution in [-0.2, 0) is 4.74 Å². The Balaban J connectivity index is 1.84. The summed E-state index contributed by atoms with van der Waals surface area (Å²) in [4.78, 5) is 32.8. The molecule has 2 aromatic heterocycles. The number of ether oxygens (including phenoxy) is 1. The van der Waals surface area contributed by atoms with Crippen LogP contribution in [0.15, 0.2) is 47.2 Å². The maximum atomic E-state index is 14.0. The smallest absolute Gasteiger partial charge is 0.340 e. The van der Waals surface area contributed by atoms with E-state index in [0.717, 1.165) is 7.11 Å². The highest BCUT2D eigenvalue weighted by Crippen LogP contribution is 2.27. The molecule has 0 fully saturated rings. The number of esters is 1. The first kappa shape index (κ1) is 18.2. The second-order valence-corrected chi connectivity index (χ2v) is 6.89. The summed E-state index contributed by atoms with van der Waals surface area (Å²) in [7, 11) is 1.15. The van der Waals surface area contributed by atoms with Crippen molar-refractivity contribution in [1.82, 2.24) is 9.97 Å². The van der Waals surface area contributed by atoms with Crippen LogP contribution < -0.4 is 5.32 Å². The highest BCUT2D eigenvalue weighted by molar-refractivity contribution is 9.10. The van der Waals surface area contributed by atoms with Crippen LogP contribution in [0.1, 0.15) is 20.0 Å². The highest BCUT2D eigenvalue weighted by atomic mass is 79.9. The number of hydrogen-bond acceptors (Lipinski definition) is 6. The minimum atomic E-state index is -0.838. The molecule has 3 aromatic rings. The van der Waals surface area contributed by atoms with E-state index in [4.69, 9.17) is 0 Å². The third kappa shape index (κ3) is 3.78. The van der Waals surface area contributed by atoms with Gasteiger partial charge in [-0.05, 0) is 40.2 Å². The van der Waals surface area contributed by atoms with Gasteiger partial charge in [0.05, 0.1) is 29.0 Å². The van der Waals surface area contributed by atoms with Crippen LogP contribution in [0.4, 0.5) is 10.1 Å². The van der Waals surface area contributed by atoms with Crippen molar-refractivity contribution in [2.24, 2.45) is 0 Å². The molecule has 6 nitrogen and oxygen atoms in total. The fraction of sp³-hybridized carbons (Fsp3) is 0.0588. The third-order valence-electron chi connectivity index (χ3n) is 3.30. The van der Waals surface area contributed by atoms with E-state index in [0.29, 0.717) is 15.6 Å². The SMILES string of the molecule is COC(=O)c1cc(NC(=O)c2cnc(-c3ccccn3)s2)cc(Br)c1F. The summed E-state index contributed by atoms with van der Waals surface area (Å²) in [6.45, 7) is 0. The molecule has 1 amide bonds. The second kappa shape index (κ2) is 7.71. The number of aromatic nitrogens is 2. The number of amides is 1. The van der Waals surface area contributed by atoms with Gasteiger partial charge in [-0.1, -0.05) is 6.07 Å². The molecule has 1 aromatic carbocycles. The molecule has 0 radical (unpaired) electrons. The summed E-state index contributed by atoms with van der Waals surface area (Å²) in [5.74, 6) is -2.03. The van der Waals surface area contributed by atoms with Gasteiger partial charge in [0.25, 0.3) is 5.91 Å². The average molecular weight is 436 g/mol. The molecule has 0 unspecified atom stereocenters. The lowest BCUT2D eigenvalue weighted by molar-refractivity contribution is 0.0595. The van der Waals surface area contributed by atoms with Gasteiger partial charge in [-0.25, -0.2) is 14.2 Å². The summed E-state index contributed by atoms with van der Waals surface area (Å²) >= 11 is 4.20. The summed E-state index contributed by atoms with van der Waals surface area (Å²) in [6, 6.07) is 7.98. The maximum absolute atomic E-state index is 14.0. The normalized spacial score (nSPS) is 10.4. The molecule has 0 saturated carbocycles. The van der Waals surface area contributed by atoms with Crippen molar-refractivity contribution >= 4 is 44.8 Å². The minimum absolute atomic E-state index is 0.0363. The third-order valence-corrected chi connectivity index (χ3v) is 4.90. The lowest BCUT2D eigenvalue weighted by atomic mass is 10.2. The fourth-order valence-corrected chi connectivity index (χ4v) is 3.35. The predicted molar refractivity (Wildman–Crippen MR) is 98.7 cm³/mol. The first-order valence-electron chi connectivity index (χ1n) is 7.25. The zero-order chi connectivity index (χ0) is 18.7. The Kier molecular flexibility index (Phi) is 5.38. The molecule has 0 aliphatic rings. The molecule has 0 aliphatic carbocycles. The molecule has 9 heteroatoms. The number of methoxy groups -OCH3 is 1. The largest absolute Gasteiger partial charge is 0.465 e. The number of nitrogens with one attached hydrogen (secondary N) is 1. The fourth-order valence-electron chi connectivity index (χ4n) is 2.10. The van der Waals surface area contributed by atoms with Crippen molar-refractivity contribution in [3.8, 4) is 10.7 Å². The molecule has 0 atom stereocenters. The van der Waals surface area contributed by atoms with Crippen molar-refractivity contribution in [1.29, 1.82) is 0 Å². The van der Waals surface area contributed by atoms with E-state index >= 15 is 0 Å². The number of hydrogen-bond donors (Lipinski definition) is 1. The van der Waals surface area contributed by atoms with Crippen LogP contribution in [0.3, 0.4) is 0 Å². The van der Waals surface area contributed by atoms with Gasteiger partial charge in [-0.3, -0.25) is 9.78 Å². The van der Waals surface area contributed by atoms with Crippen LogP contribution in [0.2, 0.25) is 0 Å². The number of benzene rings is 1. The zero-order valence-corrected chi connectivity index (χ0v) is 15.7. The van der Waals surface area contributed by atoms with Gasteiger partial charge < -0.3 is 10.1 Å². The number of nitrogens with zero attached hydrogens (tertiary/aromatic N) is 2. The number of anilines is 1. The van der Waals surface area contributed by atoms with E-state index in [2.05, 4.69) is 36.0 Å². The molecule has 0 bridgehead atoms. The van der Waals surface area contributed by atoms with E-state index in [-0.39, 0.29) is 15.7 Å². The first-order valence-corrected chi connectivity index (χ1v) is 8.86. The topological polar surface area (TPSA) is 81.2 Å². The Bertz CT molecular complexity index is 979. The molecule has 0 saturated heterocycles. The van der Waals surface area contributed by atoms with Crippen LogP contribution in [0, 0.1) is 5.82 Å². The number of pyridine rings is 1. The standard InChI is InChI=1S/C17H11BrFN3O3S/c1-25-17(24)10-6-9(7-11(18)14(10)19)22-15(23)13-8-21-16(26-13)12-4-2-3-5-20-12/h2-8H,1H3,(H,22,23). The van der Waals surface area contributed by atoms with Crippen LogP contribution >= 0.6 is 27.3 Å². The number of thiazole rings is 1. The number of carbonyl (C=O) groups is 2. The van der Waals surface area contributed by atoms with Crippen molar-refractivity contribution in [2.75, 3.05) is 12.4 Å². The van der Waals surface area contributed by atoms with Crippen molar-refractivity contribution in [3.05, 3.63) is 63.5 Å². The molecule has 0 spiro atoms. The molecule has 26 heavy (non-hydrogen) atoms. The van der Waals surface area contributed by atoms with E-state index in [1.807, 2.05) is 6.07 Å². The molecular formula is C17H11BrFN3O3S. The van der Waals surface area contributed by atoms with Gasteiger partial charge in [-0.15, -0.1) is 11.3 Å². The van der Waals surface area contributed by atoms with Gasteiger partial charge in [0.1, 0.15) is 9.88 Å². The van der Waals surface area contributed by atoms with E-state index in [1.54, 1.807) is 18.3 Å². The summed E-state index contributed by atoms with van der Waals surface area (Å²) in [5.41, 5.74) is 0.626. The minimum Gasteiger partial charge on any atom is -0.465 e. The van der Waals surface area contributed by atoms with Gasteiger partial charge >= 0.3 is 5.97 Å². The quantitative estimate of drug-likeness (QED) is 0.622. The molecule has 1 N–H and O–H groups in total. The Labute approximate surface area is 160 Å². The monoisotopic (exact) mass is 435 g/mol. The van der Waals surface area contributed by atoms with Gasteiger partial charge in [0.2, 0.25) is 0 Å². The molecule has 3 rings (SSSR count). The first-order chi connectivity index (χ1) is 12.5. The number of halogens is 2. The van der Waals surface area contributed by atoms with Crippen LogP contribution in [0.5, 0.6) is 0 Å². The number of carbonyl (C=O) groups excluding carboxylic acids is 2. The van der Waals surface area contributed by atoms with Crippen molar-refractivity contribution in [3.63, 3.8) is 0 Å². The van der Waals surface area contributed by atoms with Crippen molar-refractivity contribution in [2.45, 2.75) is 0 Å². The number of rotatable bonds is 4. The predicted octanol–water partition coefficient (Wildman–Crippen LogP) is 4.15. The molecule has 0 aliphatic heterocycles. The van der Waals surface area contributed by atoms with E-state index in [9.17, 15) is 14.0 Å². The van der Waals surface area contributed by atoms with Crippen LogP contribution in [0.25, 0.3) is 10.7 Å². The zero-order valence-electron chi connectivity index (χ0n) is 13.3. The summed E-state index contributed by atoms with van der Waals surface area (Å²) < 4.78 is 18.6. The van der Waals surface area contributed by atoms with Crippen LogP contribution in [-0.4, -0.2) is 29.0 Å². The Morgan fingerprint density at radius 3 is 2.77 bits per heavy atom. The summed E-state index contributed by atoms with van der Waals surface area (Å²) in [5, 5.41) is 3.22. The Morgan fingerprint density at radius 1 is 1.27 bits per heavy atom. The maximum Gasteiger partial charge on any atom is 0.340 e. The second-order valence-electron chi connectivity index (χ2n) is 5.01. The van der Waals surface area contributed by atoms with Crippen molar-refractivity contribution < 1.29 is 18.7 Å². The highest BCUT2D eigenvalue weighted by Gasteiger charge is 2.18. The molecule has 132 valence electrons.